The summed E-state index contributed by atoms with van der Waals surface area (Å²) in [6.07, 6.45) is -0.137. The predicted octanol–water partition coefficient (Wildman–Crippen LogP) is 3.88. The normalized spacial score (nSPS) is 10.5. The van der Waals surface area contributed by atoms with Gasteiger partial charge in [-0.2, -0.15) is 0 Å². The monoisotopic (exact) mass is 362 g/mol. The number of nitro benzene ring substituents is 2. The van der Waals surface area contributed by atoms with Crippen LogP contribution in [0.3, 0.4) is 0 Å². The Morgan fingerprint density at radius 1 is 0.923 bits per heavy atom. The fourth-order valence-electron chi connectivity index (χ4n) is 2.21. The van der Waals surface area contributed by atoms with Crippen molar-refractivity contribution in [2.24, 2.45) is 0 Å². The predicted molar refractivity (Wildman–Crippen MR) is 92.8 cm³/mol. The maximum atomic E-state index is 11.0. The highest BCUT2D eigenvalue weighted by molar-refractivity contribution is 5.49. The number of hydrogen-bond acceptors (Lipinski definition) is 7. The van der Waals surface area contributed by atoms with Crippen molar-refractivity contribution in [1.82, 2.24) is 0 Å². The zero-order valence-corrected chi connectivity index (χ0v) is 14.5. The van der Waals surface area contributed by atoms with E-state index in [0.717, 1.165) is 0 Å². The van der Waals surface area contributed by atoms with Crippen LogP contribution in [0.2, 0.25) is 0 Å². The average Bonchev–Trinajstić information content (AvgIpc) is 2.59. The Morgan fingerprint density at radius 2 is 1.50 bits per heavy atom. The summed E-state index contributed by atoms with van der Waals surface area (Å²) < 4.78 is 16.4. The summed E-state index contributed by atoms with van der Waals surface area (Å²) in [6.45, 7) is 3.58. The van der Waals surface area contributed by atoms with Crippen molar-refractivity contribution in [3.8, 4) is 17.2 Å². The van der Waals surface area contributed by atoms with Crippen LogP contribution < -0.4 is 14.2 Å². The first-order chi connectivity index (χ1) is 12.3. The molecule has 2 aromatic carbocycles. The molecule has 138 valence electrons. The molecule has 0 aromatic heterocycles. The van der Waals surface area contributed by atoms with E-state index in [2.05, 4.69) is 0 Å². The van der Waals surface area contributed by atoms with Gasteiger partial charge >= 0.3 is 0 Å². The third-order valence-corrected chi connectivity index (χ3v) is 3.36. The Hall–Kier alpha value is -3.36. The van der Waals surface area contributed by atoms with Crippen LogP contribution in [0.25, 0.3) is 0 Å². The minimum Gasteiger partial charge on any atom is -0.493 e. The maximum Gasteiger partial charge on any atom is 0.273 e. The first kappa shape index (κ1) is 19.0. The zero-order valence-electron chi connectivity index (χ0n) is 14.5. The van der Waals surface area contributed by atoms with Crippen molar-refractivity contribution in [3.63, 3.8) is 0 Å². The van der Waals surface area contributed by atoms with Gasteiger partial charge in [0.1, 0.15) is 12.4 Å². The van der Waals surface area contributed by atoms with E-state index >= 15 is 0 Å². The Bertz CT molecular complexity index is 821. The highest BCUT2D eigenvalue weighted by atomic mass is 16.6. The molecule has 0 spiro atoms. The Balaban J connectivity index is 2.32. The molecule has 0 radical (unpaired) electrons. The highest BCUT2D eigenvalue weighted by Crippen LogP contribution is 2.33. The minimum atomic E-state index is -0.549. The van der Waals surface area contributed by atoms with Gasteiger partial charge in [-0.25, -0.2) is 0 Å². The van der Waals surface area contributed by atoms with Gasteiger partial charge in [-0.15, -0.1) is 0 Å². The first-order valence-corrected chi connectivity index (χ1v) is 7.71. The van der Waals surface area contributed by atoms with E-state index in [1.54, 1.807) is 0 Å². The number of nitrogens with zero attached hydrogens (tertiary/aromatic N) is 2. The molecule has 0 aliphatic rings. The first-order valence-electron chi connectivity index (χ1n) is 7.71. The van der Waals surface area contributed by atoms with Crippen LogP contribution in [-0.2, 0) is 6.61 Å². The molecular weight excluding hydrogens is 344 g/mol. The highest BCUT2D eigenvalue weighted by Gasteiger charge is 2.16. The number of rotatable bonds is 8. The van der Waals surface area contributed by atoms with E-state index in [9.17, 15) is 20.2 Å². The smallest absolute Gasteiger partial charge is 0.273 e. The molecule has 26 heavy (non-hydrogen) atoms. The number of methoxy groups -OCH3 is 1. The molecule has 0 saturated carbocycles. The molecule has 9 heteroatoms. The summed E-state index contributed by atoms with van der Waals surface area (Å²) in [5.74, 6) is 0.908. The van der Waals surface area contributed by atoms with Crippen LogP contribution in [-0.4, -0.2) is 23.1 Å². The lowest BCUT2D eigenvalue weighted by Gasteiger charge is -2.15. The largest absolute Gasteiger partial charge is 0.493 e. The Kier molecular flexibility index (Phi) is 5.94. The van der Waals surface area contributed by atoms with Crippen LogP contribution >= 0.6 is 0 Å². The Labute approximate surface area is 149 Å². The van der Waals surface area contributed by atoms with Crippen LogP contribution in [0.1, 0.15) is 19.4 Å². The molecule has 0 unspecified atom stereocenters. The summed E-state index contributed by atoms with van der Waals surface area (Å²) >= 11 is 0. The fourth-order valence-corrected chi connectivity index (χ4v) is 2.21. The quantitative estimate of drug-likeness (QED) is 0.517. The standard InChI is InChI=1S/C17H18N2O7/c1-11(2)26-15-6-4-13(18(20)21)8-12(15)10-25-17-9-14(19(22)23)5-7-16(17)24-3/h4-9,11H,10H2,1-3H3. The number of non-ortho nitro benzene ring substituents is 2. The van der Waals surface area contributed by atoms with Gasteiger partial charge in [0.05, 0.1) is 29.1 Å². The van der Waals surface area contributed by atoms with E-state index in [1.807, 2.05) is 13.8 Å². The lowest BCUT2D eigenvalue weighted by molar-refractivity contribution is -0.385. The number of hydrogen-bond donors (Lipinski definition) is 0. The molecule has 2 aromatic rings. The molecule has 0 amide bonds. The SMILES string of the molecule is COc1ccc([N+](=O)[O-])cc1OCc1cc([N+](=O)[O-])ccc1OC(C)C. The van der Waals surface area contributed by atoms with Gasteiger partial charge < -0.3 is 14.2 Å². The molecule has 0 aliphatic carbocycles. The number of benzene rings is 2. The van der Waals surface area contributed by atoms with Gasteiger partial charge in [0.2, 0.25) is 0 Å². The van der Waals surface area contributed by atoms with E-state index in [-0.39, 0.29) is 29.8 Å². The molecule has 0 saturated heterocycles. The summed E-state index contributed by atoms with van der Waals surface area (Å²) in [5.41, 5.74) is 0.186. The van der Waals surface area contributed by atoms with Gasteiger partial charge in [-0.05, 0) is 26.0 Å². The van der Waals surface area contributed by atoms with Crippen molar-refractivity contribution >= 4 is 11.4 Å². The van der Waals surface area contributed by atoms with Crippen molar-refractivity contribution in [1.29, 1.82) is 0 Å². The van der Waals surface area contributed by atoms with Crippen LogP contribution in [0.15, 0.2) is 36.4 Å². The van der Waals surface area contributed by atoms with Gasteiger partial charge in [0, 0.05) is 23.8 Å². The lowest BCUT2D eigenvalue weighted by Crippen LogP contribution is -2.09. The van der Waals surface area contributed by atoms with E-state index in [0.29, 0.717) is 17.1 Å². The lowest BCUT2D eigenvalue weighted by atomic mass is 10.2. The second-order valence-electron chi connectivity index (χ2n) is 5.60. The molecule has 0 atom stereocenters. The third-order valence-electron chi connectivity index (χ3n) is 3.36. The topological polar surface area (TPSA) is 114 Å². The molecule has 9 nitrogen and oxygen atoms in total. The van der Waals surface area contributed by atoms with Crippen molar-refractivity contribution < 1.29 is 24.1 Å². The zero-order chi connectivity index (χ0) is 19.3. The molecule has 0 N–H and O–H groups in total. The fraction of sp³-hybridized carbons (Fsp3) is 0.294. The number of nitro groups is 2. The molecule has 2 rings (SSSR count). The minimum absolute atomic E-state index is 0.0821. The Morgan fingerprint density at radius 3 is 2.04 bits per heavy atom. The van der Waals surface area contributed by atoms with E-state index in [4.69, 9.17) is 14.2 Å². The van der Waals surface area contributed by atoms with Crippen LogP contribution in [0.4, 0.5) is 11.4 Å². The van der Waals surface area contributed by atoms with Crippen molar-refractivity contribution in [2.75, 3.05) is 7.11 Å². The van der Waals surface area contributed by atoms with E-state index < -0.39 is 9.85 Å². The van der Waals surface area contributed by atoms with E-state index in [1.165, 1.54) is 43.5 Å². The van der Waals surface area contributed by atoms with Gasteiger partial charge in [0.15, 0.2) is 11.5 Å². The average molecular weight is 362 g/mol. The summed E-state index contributed by atoms with van der Waals surface area (Å²) in [5, 5.41) is 21.9. The molecule has 0 fully saturated rings. The van der Waals surface area contributed by atoms with Crippen molar-refractivity contribution in [3.05, 3.63) is 62.2 Å². The molecular formula is C17H18N2O7. The maximum absolute atomic E-state index is 11.0. The van der Waals surface area contributed by atoms with Gasteiger partial charge in [0.25, 0.3) is 11.4 Å². The summed E-state index contributed by atoms with van der Waals surface area (Å²) in [4.78, 5) is 20.9. The second-order valence-corrected chi connectivity index (χ2v) is 5.60. The third kappa shape index (κ3) is 4.59. The molecule has 0 aliphatic heterocycles. The second kappa shape index (κ2) is 8.15. The van der Waals surface area contributed by atoms with Gasteiger partial charge in [-0.3, -0.25) is 20.2 Å². The summed E-state index contributed by atoms with van der Waals surface area (Å²) in [6, 6.07) is 8.15. The summed E-state index contributed by atoms with van der Waals surface area (Å²) in [7, 11) is 1.41. The van der Waals surface area contributed by atoms with Crippen molar-refractivity contribution in [2.45, 2.75) is 26.6 Å². The number of ether oxygens (including phenoxy) is 3. The van der Waals surface area contributed by atoms with Crippen LogP contribution in [0, 0.1) is 20.2 Å². The van der Waals surface area contributed by atoms with Crippen LogP contribution in [0.5, 0.6) is 17.2 Å². The van der Waals surface area contributed by atoms with Gasteiger partial charge in [-0.1, -0.05) is 0 Å². The molecule has 0 bridgehead atoms. The molecule has 0 heterocycles.